The SMILES string of the molecule is O=C(CCC(=O)c1ccc(Cl)cc1)NCCCN1CCCCCC1=O. The number of amides is 2. The van der Waals surface area contributed by atoms with Gasteiger partial charge in [-0.3, -0.25) is 14.4 Å². The van der Waals surface area contributed by atoms with Gasteiger partial charge in [-0.2, -0.15) is 0 Å². The average Bonchev–Trinajstić information content (AvgIpc) is 2.81. The Hall–Kier alpha value is -1.88. The maximum atomic E-state index is 12.0. The first kappa shape index (κ1) is 19.4. The summed E-state index contributed by atoms with van der Waals surface area (Å²) in [6.45, 7) is 2.03. The molecule has 0 saturated carbocycles. The lowest BCUT2D eigenvalue weighted by molar-refractivity contribution is -0.130. The van der Waals surface area contributed by atoms with E-state index in [0.29, 0.717) is 30.1 Å². The molecule has 0 bridgehead atoms. The number of hydrogen-bond donors (Lipinski definition) is 1. The molecule has 1 aromatic carbocycles. The predicted octanol–water partition coefficient (Wildman–Crippen LogP) is 3.21. The van der Waals surface area contributed by atoms with Crippen LogP contribution in [0.25, 0.3) is 0 Å². The number of nitrogens with one attached hydrogen (secondary N) is 1. The van der Waals surface area contributed by atoms with E-state index >= 15 is 0 Å². The Balaban J connectivity index is 1.61. The fourth-order valence-corrected chi connectivity index (χ4v) is 2.99. The zero-order chi connectivity index (χ0) is 18.1. The number of ketones is 1. The third-order valence-electron chi connectivity index (χ3n) is 4.34. The molecule has 1 saturated heterocycles. The van der Waals surface area contributed by atoms with Crippen molar-refractivity contribution in [2.75, 3.05) is 19.6 Å². The van der Waals surface area contributed by atoms with Crippen molar-refractivity contribution in [2.24, 2.45) is 0 Å². The number of carbonyl (C=O) groups excluding carboxylic acids is 3. The summed E-state index contributed by atoms with van der Waals surface area (Å²) in [4.78, 5) is 37.6. The molecule has 1 heterocycles. The van der Waals surface area contributed by atoms with Crippen LogP contribution in [0.4, 0.5) is 0 Å². The van der Waals surface area contributed by atoms with E-state index in [-0.39, 0.29) is 30.4 Å². The van der Waals surface area contributed by atoms with Crippen molar-refractivity contribution in [3.05, 3.63) is 34.9 Å². The van der Waals surface area contributed by atoms with Crippen LogP contribution < -0.4 is 5.32 Å². The Morgan fingerprint density at radius 1 is 1.08 bits per heavy atom. The van der Waals surface area contributed by atoms with E-state index in [0.717, 1.165) is 32.2 Å². The smallest absolute Gasteiger partial charge is 0.222 e. The normalized spacial score (nSPS) is 14.9. The number of halogens is 1. The van der Waals surface area contributed by atoms with Crippen LogP contribution in [-0.4, -0.2) is 42.1 Å². The van der Waals surface area contributed by atoms with Gasteiger partial charge in [0.05, 0.1) is 0 Å². The molecule has 6 heteroatoms. The second kappa shape index (κ2) is 10.2. The van der Waals surface area contributed by atoms with Crippen molar-refractivity contribution in [3.63, 3.8) is 0 Å². The summed E-state index contributed by atoms with van der Waals surface area (Å²) in [5.74, 6) is 0.0175. The summed E-state index contributed by atoms with van der Waals surface area (Å²) in [5.41, 5.74) is 0.567. The first-order valence-electron chi connectivity index (χ1n) is 8.89. The highest BCUT2D eigenvalue weighted by Gasteiger charge is 2.16. The number of nitrogens with zero attached hydrogens (tertiary/aromatic N) is 1. The highest BCUT2D eigenvalue weighted by Crippen LogP contribution is 2.12. The van der Waals surface area contributed by atoms with Gasteiger partial charge in [-0.15, -0.1) is 0 Å². The van der Waals surface area contributed by atoms with Crippen LogP contribution >= 0.6 is 11.6 Å². The van der Waals surface area contributed by atoms with Gasteiger partial charge in [0, 0.05) is 49.5 Å². The molecule has 1 aromatic rings. The molecule has 2 amide bonds. The van der Waals surface area contributed by atoms with E-state index < -0.39 is 0 Å². The lowest BCUT2D eigenvalue weighted by Gasteiger charge is -2.20. The van der Waals surface area contributed by atoms with Crippen molar-refractivity contribution in [3.8, 4) is 0 Å². The maximum absolute atomic E-state index is 12.0. The Kier molecular flexibility index (Phi) is 7.92. The van der Waals surface area contributed by atoms with Crippen molar-refractivity contribution in [1.82, 2.24) is 10.2 Å². The van der Waals surface area contributed by atoms with Gasteiger partial charge in [0.25, 0.3) is 0 Å². The van der Waals surface area contributed by atoms with Gasteiger partial charge in [0.15, 0.2) is 5.78 Å². The highest BCUT2D eigenvalue weighted by molar-refractivity contribution is 6.30. The van der Waals surface area contributed by atoms with E-state index in [1.54, 1.807) is 24.3 Å². The molecule has 0 unspecified atom stereocenters. The van der Waals surface area contributed by atoms with Gasteiger partial charge in [0.2, 0.25) is 11.8 Å². The van der Waals surface area contributed by atoms with Crippen LogP contribution in [0.5, 0.6) is 0 Å². The van der Waals surface area contributed by atoms with Crippen LogP contribution in [0.2, 0.25) is 5.02 Å². The number of Topliss-reactive ketones (excluding diaryl/α,β-unsaturated/α-hetero) is 1. The van der Waals surface area contributed by atoms with Crippen LogP contribution in [0.1, 0.15) is 55.3 Å². The number of benzene rings is 1. The molecule has 136 valence electrons. The van der Waals surface area contributed by atoms with Crippen molar-refractivity contribution < 1.29 is 14.4 Å². The predicted molar refractivity (Wildman–Crippen MR) is 97.7 cm³/mol. The van der Waals surface area contributed by atoms with E-state index in [4.69, 9.17) is 11.6 Å². The summed E-state index contributed by atoms with van der Waals surface area (Å²) in [6, 6.07) is 6.67. The molecular formula is C19H25ClN2O3. The lowest BCUT2D eigenvalue weighted by Crippen LogP contribution is -2.34. The van der Waals surface area contributed by atoms with Gasteiger partial charge >= 0.3 is 0 Å². The Bertz CT molecular complexity index is 601. The van der Waals surface area contributed by atoms with Gasteiger partial charge in [-0.1, -0.05) is 18.0 Å². The molecule has 1 N–H and O–H groups in total. The van der Waals surface area contributed by atoms with Crippen LogP contribution in [0, 0.1) is 0 Å². The largest absolute Gasteiger partial charge is 0.356 e. The Morgan fingerprint density at radius 3 is 2.60 bits per heavy atom. The average molecular weight is 365 g/mol. The van der Waals surface area contributed by atoms with Crippen molar-refractivity contribution in [2.45, 2.75) is 44.9 Å². The Labute approximate surface area is 153 Å². The maximum Gasteiger partial charge on any atom is 0.222 e. The fourth-order valence-electron chi connectivity index (χ4n) is 2.87. The zero-order valence-corrected chi connectivity index (χ0v) is 15.2. The van der Waals surface area contributed by atoms with Crippen LogP contribution in [0.15, 0.2) is 24.3 Å². The van der Waals surface area contributed by atoms with Crippen LogP contribution in [-0.2, 0) is 9.59 Å². The second-order valence-corrected chi connectivity index (χ2v) is 6.76. The second-order valence-electron chi connectivity index (χ2n) is 6.33. The third kappa shape index (κ3) is 6.86. The molecule has 0 aliphatic carbocycles. The van der Waals surface area contributed by atoms with Crippen molar-refractivity contribution >= 4 is 29.2 Å². The first-order chi connectivity index (χ1) is 12.1. The number of hydrogen-bond acceptors (Lipinski definition) is 3. The van der Waals surface area contributed by atoms with E-state index in [9.17, 15) is 14.4 Å². The number of rotatable bonds is 8. The zero-order valence-electron chi connectivity index (χ0n) is 14.4. The molecule has 0 spiro atoms. The van der Waals surface area contributed by atoms with E-state index in [2.05, 4.69) is 5.32 Å². The minimum absolute atomic E-state index is 0.0676. The van der Waals surface area contributed by atoms with E-state index in [1.807, 2.05) is 4.90 Å². The number of carbonyl (C=O) groups is 3. The summed E-state index contributed by atoms with van der Waals surface area (Å²) in [6.07, 6.45) is 4.88. The lowest BCUT2D eigenvalue weighted by atomic mass is 10.1. The third-order valence-corrected chi connectivity index (χ3v) is 4.60. The monoisotopic (exact) mass is 364 g/mol. The summed E-state index contributed by atoms with van der Waals surface area (Å²) in [5, 5.41) is 3.40. The molecule has 0 radical (unpaired) electrons. The molecule has 1 aliphatic rings. The van der Waals surface area contributed by atoms with Crippen LogP contribution in [0.3, 0.4) is 0 Å². The van der Waals surface area contributed by atoms with Crippen molar-refractivity contribution in [1.29, 1.82) is 0 Å². The topological polar surface area (TPSA) is 66.5 Å². The molecule has 0 atom stereocenters. The van der Waals surface area contributed by atoms with Gasteiger partial charge in [0.1, 0.15) is 0 Å². The van der Waals surface area contributed by atoms with Gasteiger partial charge in [-0.25, -0.2) is 0 Å². The van der Waals surface area contributed by atoms with Gasteiger partial charge in [-0.05, 0) is 43.5 Å². The summed E-state index contributed by atoms with van der Waals surface area (Å²) >= 11 is 5.79. The Morgan fingerprint density at radius 2 is 1.84 bits per heavy atom. The highest BCUT2D eigenvalue weighted by atomic mass is 35.5. The fraction of sp³-hybridized carbons (Fsp3) is 0.526. The minimum atomic E-state index is -0.135. The minimum Gasteiger partial charge on any atom is -0.356 e. The molecule has 25 heavy (non-hydrogen) atoms. The quantitative estimate of drug-likeness (QED) is 0.569. The first-order valence-corrected chi connectivity index (χ1v) is 9.27. The van der Waals surface area contributed by atoms with Gasteiger partial charge < -0.3 is 10.2 Å². The molecule has 2 rings (SSSR count). The summed E-state index contributed by atoms with van der Waals surface area (Å²) < 4.78 is 0. The molecular weight excluding hydrogens is 340 g/mol. The molecule has 5 nitrogen and oxygen atoms in total. The molecule has 1 aliphatic heterocycles. The standard InChI is InChI=1S/C19H25ClN2O3/c20-16-8-6-15(7-9-16)17(23)10-11-18(24)21-12-4-14-22-13-3-1-2-5-19(22)25/h6-9H,1-5,10-14H2,(H,21,24). The summed E-state index contributed by atoms with van der Waals surface area (Å²) in [7, 11) is 0. The molecule has 1 fully saturated rings. The molecule has 0 aromatic heterocycles. The van der Waals surface area contributed by atoms with E-state index in [1.165, 1.54) is 0 Å². The number of likely N-dealkylation sites (tertiary alicyclic amines) is 1.